The summed E-state index contributed by atoms with van der Waals surface area (Å²) in [7, 11) is 0. The topological polar surface area (TPSA) is 0 Å². The summed E-state index contributed by atoms with van der Waals surface area (Å²) in [5, 5.41) is 0. The van der Waals surface area contributed by atoms with Gasteiger partial charge in [0.05, 0.1) is 0 Å². The maximum Gasteiger partial charge on any atom is 0.0279 e. The molecule has 0 amide bonds. The maximum atomic E-state index is 2.49. The minimum atomic E-state index is -0.135. The third kappa shape index (κ3) is 3.90. The lowest BCUT2D eigenvalue weighted by Crippen LogP contribution is -2.27. The lowest BCUT2D eigenvalue weighted by molar-refractivity contribution is 0.521. The van der Waals surface area contributed by atoms with E-state index in [1.807, 2.05) is 0 Å². The van der Waals surface area contributed by atoms with E-state index in [1.54, 1.807) is 0 Å². The molecule has 0 N–H and O–H groups in total. The third-order valence-corrected chi connectivity index (χ3v) is 6.39. The minimum Gasteiger partial charge on any atom is -0.0721 e. The fourth-order valence-electron chi connectivity index (χ4n) is 4.84. The molecule has 0 aromatic heterocycles. The Kier molecular flexibility index (Phi) is 5.37. The molecule has 2 atom stereocenters. The van der Waals surface area contributed by atoms with Gasteiger partial charge in [-0.05, 0) is 34.2 Å². The molecule has 0 heteroatoms. The van der Waals surface area contributed by atoms with E-state index in [-0.39, 0.29) is 11.3 Å². The summed E-state index contributed by atoms with van der Waals surface area (Å²) in [6.45, 7) is 0. The van der Waals surface area contributed by atoms with Crippen molar-refractivity contribution in [1.82, 2.24) is 0 Å². The van der Waals surface area contributed by atoms with Crippen LogP contribution in [0, 0.1) is 0 Å². The number of rotatable bonds is 5. The van der Waals surface area contributed by atoms with Gasteiger partial charge in [0.2, 0.25) is 0 Å². The van der Waals surface area contributed by atoms with Crippen LogP contribution in [0.3, 0.4) is 0 Å². The molecule has 150 valence electrons. The zero-order valence-electron chi connectivity index (χ0n) is 17.6. The smallest absolute Gasteiger partial charge is 0.0279 e. The van der Waals surface area contributed by atoms with Crippen molar-refractivity contribution in [1.29, 1.82) is 0 Å². The second-order valence-corrected chi connectivity index (χ2v) is 8.27. The van der Waals surface area contributed by atoms with Gasteiger partial charge >= 0.3 is 0 Å². The molecule has 0 fully saturated rings. The van der Waals surface area contributed by atoms with Crippen LogP contribution in [-0.4, -0.2) is 0 Å². The molecule has 1 aliphatic carbocycles. The van der Waals surface area contributed by atoms with E-state index in [9.17, 15) is 0 Å². The summed E-state index contributed by atoms with van der Waals surface area (Å²) >= 11 is 0. The van der Waals surface area contributed by atoms with Crippen molar-refractivity contribution in [2.24, 2.45) is 0 Å². The number of hydrogen-bond donors (Lipinski definition) is 0. The zero-order chi connectivity index (χ0) is 20.9. The van der Waals surface area contributed by atoms with Crippen LogP contribution in [0.4, 0.5) is 0 Å². The van der Waals surface area contributed by atoms with E-state index in [4.69, 9.17) is 0 Å². The molecule has 0 nitrogen and oxygen atoms in total. The van der Waals surface area contributed by atoms with Crippen LogP contribution in [0.25, 0.3) is 11.6 Å². The average molecular weight is 399 g/mol. The molecule has 31 heavy (non-hydrogen) atoms. The van der Waals surface area contributed by atoms with E-state index in [2.05, 4.69) is 140 Å². The standard InChI is InChI=1S/C31H26/c1-5-13-25(14-6-1)21-22-31(29-19-11-4-12-20-29)24-28(26-15-7-2-8-16-26)23-30(31)27-17-9-3-10-18-27/h1-23,30H,24H2/b22-21+. The van der Waals surface area contributed by atoms with E-state index < -0.39 is 0 Å². The summed E-state index contributed by atoms with van der Waals surface area (Å²) in [4.78, 5) is 0. The van der Waals surface area contributed by atoms with E-state index >= 15 is 0 Å². The van der Waals surface area contributed by atoms with Gasteiger partial charge < -0.3 is 0 Å². The summed E-state index contributed by atoms with van der Waals surface area (Å²) < 4.78 is 0. The van der Waals surface area contributed by atoms with Crippen molar-refractivity contribution in [3.63, 3.8) is 0 Å². The number of hydrogen-bond acceptors (Lipinski definition) is 0. The fraction of sp³-hybridized carbons (Fsp3) is 0.0968. The summed E-state index contributed by atoms with van der Waals surface area (Å²) in [6, 6.07) is 43.4. The molecule has 0 spiro atoms. The first-order valence-electron chi connectivity index (χ1n) is 11.0. The fourth-order valence-corrected chi connectivity index (χ4v) is 4.84. The summed E-state index contributed by atoms with van der Waals surface area (Å²) in [6.07, 6.45) is 8.21. The Morgan fingerprint density at radius 3 is 1.81 bits per heavy atom. The SMILES string of the molecule is C1=C(c2ccccc2)CC(/C=C/c2ccccc2)(c2ccccc2)C1c1ccccc1. The molecule has 4 aromatic carbocycles. The molecule has 5 rings (SSSR count). The van der Waals surface area contributed by atoms with Crippen molar-refractivity contribution in [2.75, 3.05) is 0 Å². The highest BCUT2D eigenvalue weighted by molar-refractivity contribution is 5.74. The van der Waals surface area contributed by atoms with Crippen LogP contribution in [0.2, 0.25) is 0 Å². The van der Waals surface area contributed by atoms with Gasteiger partial charge in [-0.3, -0.25) is 0 Å². The van der Waals surface area contributed by atoms with Gasteiger partial charge in [0.25, 0.3) is 0 Å². The van der Waals surface area contributed by atoms with Gasteiger partial charge in [0.1, 0.15) is 0 Å². The highest BCUT2D eigenvalue weighted by atomic mass is 14.5. The Morgan fingerprint density at radius 2 is 1.16 bits per heavy atom. The van der Waals surface area contributed by atoms with E-state index in [0.717, 1.165) is 6.42 Å². The highest BCUT2D eigenvalue weighted by Crippen LogP contribution is 2.53. The Morgan fingerprint density at radius 1 is 0.613 bits per heavy atom. The first-order valence-corrected chi connectivity index (χ1v) is 11.0. The summed E-state index contributed by atoms with van der Waals surface area (Å²) in [5.74, 6) is 0.270. The molecule has 0 bridgehead atoms. The highest BCUT2D eigenvalue weighted by Gasteiger charge is 2.43. The van der Waals surface area contributed by atoms with Crippen LogP contribution in [0.15, 0.2) is 133 Å². The van der Waals surface area contributed by atoms with Crippen LogP contribution in [0.1, 0.15) is 34.6 Å². The van der Waals surface area contributed by atoms with E-state index in [1.165, 1.54) is 27.8 Å². The Balaban J connectivity index is 1.68. The zero-order valence-corrected chi connectivity index (χ0v) is 17.6. The van der Waals surface area contributed by atoms with Gasteiger partial charge in [-0.2, -0.15) is 0 Å². The van der Waals surface area contributed by atoms with Gasteiger partial charge in [-0.25, -0.2) is 0 Å². The predicted molar refractivity (Wildman–Crippen MR) is 132 cm³/mol. The largest absolute Gasteiger partial charge is 0.0721 e. The monoisotopic (exact) mass is 398 g/mol. The van der Waals surface area contributed by atoms with Gasteiger partial charge in [0, 0.05) is 11.3 Å². The summed E-state index contributed by atoms with van der Waals surface area (Å²) in [5.41, 5.74) is 6.54. The molecule has 2 unspecified atom stereocenters. The van der Waals surface area contributed by atoms with Gasteiger partial charge in [-0.1, -0.05) is 140 Å². The van der Waals surface area contributed by atoms with Crippen molar-refractivity contribution in [2.45, 2.75) is 17.8 Å². The lowest BCUT2D eigenvalue weighted by Gasteiger charge is -2.34. The Hall–Kier alpha value is -3.64. The van der Waals surface area contributed by atoms with Crippen LogP contribution in [-0.2, 0) is 5.41 Å². The normalized spacial score (nSPS) is 20.6. The quantitative estimate of drug-likeness (QED) is 0.320. The molecule has 4 aromatic rings. The molecular formula is C31H26. The molecule has 0 heterocycles. The lowest BCUT2D eigenvalue weighted by atomic mass is 9.68. The van der Waals surface area contributed by atoms with Crippen LogP contribution < -0.4 is 0 Å². The van der Waals surface area contributed by atoms with Crippen molar-refractivity contribution in [3.8, 4) is 0 Å². The average Bonchev–Trinajstić information content (AvgIpc) is 3.26. The molecule has 1 aliphatic rings. The minimum absolute atomic E-state index is 0.135. The Bertz CT molecular complexity index is 1170. The Labute approximate surface area is 185 Å². The van der Waals surface area contributed by atoms with Crippen molar-refractivity contribution >= 4 is 11.6 Å². The van der Waals surface area contributed by atoms with E-state index in [0.29, 0.717) is 0 Å². The maximum absolute atomic E-state index is 2.49. The van der Waals surface area contributed by atoms with Crippen molar-refractivity contribution in [3.05, 3.63) is 156 Å². The molecule has 0 saturated heterocycles. The van der Waals surface area contributed by atoms with Crippen LogP contribution >= 0.6 is 0 Å². The molecule has 0 aliphatic heterocycles. The van der Waals surface area contributed by atoms with Crippen LogP contribution in [0.5, 0.6) is 0 Å². The molecule has 0 radical (unpaired) electrons. The first-order chi connectivity index (χ1) is 15.4. The molecular weight excluding hydrogens is 372 g/mol. The van der Waals surface area contributed by atoms with Gasteiger partial charge in [0.15, 0.2) is 0 Å². The van der Waals surface area contributed by atoms with Crippen molar-refractivity contribution < 1.29 is 0 Å². The second kappa shape index (κ2) is 8.62. The first kappa shape index (κ1) is 19.3. The van der Waals surface area contributed by atoms with Gasteiger partial charge in [-0.15, -0.1) is 0 Å². The number of allylic oxidation sites excluding steroid dienone is 3. The predicted octanol–water partition coefficient (Wildman–Crippen LogP) is 7.91. The third-order valence-electron chi connectivity index (χ3n) is 6.39. The molecule has 0 saturated carbocycles. The number of benzene rings is 4. The second-order valence-electron chi connectivity index (χ2n) is 8.27.